The van der Waals surface area contributed by atoms with Crippen LogP contribution >= 0.6 is 24.0 Å². The minimum atomic E-state index is -0.429. The molecular formula is C12H19IN4O3. The number of hydrogen-bond acceptors (Lipinski definition) is 4. The number of nitrogens with zero attached hydrogens (tertiary/aromatic N) is 2. The van der Waals surface area contributed by atoms with Crippen molar-refractivity contribution in [2.75, 3.05) is 13.7 Å². The van der Waals surface area contributed by atoms with E-state index in [-0.39, 0.29) is 48.2 Å². The largest absolute Gasteiger partial charge is 0.383 e. The third kappa shape index (κ3) is 6.15. The van der Waals surface area contributed by atoms with Crippen molar-refractivity contribution in [2.24, 2.45) is 10.7 Å². The van der Waals surface area contributed by atoms with E-state index in [4.69, 9.17) is 10.5 Å². The summed E-state index contributed by atoms with van der Waals surface area (Å²) < 4.78 is 4.96. The van der Waals surface area contributed by atoms with Crippen LogP contribution in [-0.2, 0) is 11.3 Å². The van der Waals surface area contributed by atoms with Gasteiger partial charge in [0.05, 0.1) is 23.6 Å². The Bertz CT molecular complexity index is 468. The molecule has 1 unspecified atom stereocenters. The van der Waals surface area contributed by atoms with E-state index >= 15 is 0 Å². The average Bonchev–Trinajstić information content (AvgIpc) is 2.36. The minimum Gasteiger partial charge on any atom is -0.383 e. The van der Waals surface area contributed by atoms with E-state index in [2.05, 4.69) is 10.3 Å². The standard InChI is InChI=1S/C12H18N4O3.HI/c1-9(8-19-2)15-12(13)14-7-10-5-3-4-6-11(10)16(17)18;/h3-6,9H,7-8H2,1-2H3,(H3,13,14,15);1H. The minimum absolute atomic E-state index is 0. The van der Waals surface area contributed by atoms with Gasteiger partial charge in [0.15, 0.2) is 5.96 Å². The van der Waals surface area contributed by atoms with Crippen molar-refractivity contribution in [3.8, 4) is 0 Å². The number of nitro groups is 1. The van der Waals surface area contributed by atoms with Crippen LogP contribution in [0.2, 0.25) is 0 Å². The van der Waals surface area contributed by atoms with Crippen LogP contribution < -0.4 is 11.1 Å². The number of nitrogens with one attached hydrogen (secondary N) is 1. The highest BCUT2D eigenvalue weighted by Crippen LogP contribution is 2.18. The molecule has 0 bridgehead atoms. The summed E-state index contributed by atoms with van der Waals surface area (Å²) in [4.78, 5) is 14.5. The molecule has 0 heterocycles. The molecule has 0 spiro atoms. The van der Waals surface area contributed by atoms with Crippen LogP contribution in [0.5, 0.6) is 0 Å². The molecule has 0 aromatic heterocycles. The molecule has 1 aromatic carbocycles. The van der Waals surface area contributed by atoms with E-state index in [1.807, 2.05) is 6.92 Å². The maximum atomic E-state index is 10.8. The van der Waals surface area contributed by atoms with Crippen molar-refractivity contribution in [1.29, 1.82) is 0 Å². The predicted molar refractivity (Wildman–Crippen MR) is 88.3 cm³/mol. The highest BCUT2D eigenvalue weighted by Gasteiger charge is 2.11. The van der Waals surface area contributed by atoms with Crippen LogP contribution in [0.15, 0.2) is 29.3 Å². The highest BCUT2D eigenvalue weighted by molar-refractivity contribution is 14.0. The van der Waals surface area contributed by atoms with Gasteiger partial charge in [0.25, 0.3) is 5.69 Å². The number of aliphatic imine (C=N–C) groups is 1. The second kappa shape index (κ2) is 9.48. The van der Waals surface area contributed by atoms with Crippen LogP contribution in [0.25, 0.3) is 0 Å². The van der Waals surface area contributed by atoms with Crippen LogP contribution in [0, 0.1) is 10.1 Å². The Kier molecular flexibility index (Phi) is 8.81. The molecule has 8 heteroatoms. The van der Waals surface area contributed by atoms with E-state index in [0.29, 0.717) is 12.2 Å². The Morgan fingerprint density at radius 1 is 1.55 bits per heavy atom. The topological polar surface area (TPSA) is 103 Å². The summed E-state index contributed by atoms with van der Waals surface area (Å²) >= 11 is 0. The molecule has 0 amide bonds. The molecule has 0 saturated heterocycles. The molecule has 0 radical (unpaired) electrons. The van der Waals surface area contributed by atoms with Crippen LogP contribution in [0.3, 0.4) is 0 Å². The van der Waals surface area contributed by atoms with Crippen molar-refractivity contribution in [2.45, 2.75) is 19.5 Å². The molecule has 20 heavy (non-hydrogen) atoms. The fourth-order valence-electron chi connectivity index (χ4n) is 1.58. The van der Waals surface area contributed by atoms with Gasteiger partial charge >= 0.3 is 0 Å². The number of rotatable bonds is 6. The van der Waals surface area contributed by atoms with Gasteiger partial charge in [-0.25, -0.2) is 4.99 Å². The molecular weight excluding hydrogens is 375 g/mol. The summed E-state index contributed by atoms with van der Waals surface area (Å²) in [6.45, 7) is 2.56. The number of ether oxygens (including phenoxy) is 1. The third-order valence-electron chi connectivity index (χ3n) is 2.42. The Balaban J connectivity index is 0.00000361. The van der Waals surface area contributed by atoms with Crippen LogP contribution in [0.1, 0.15) is 12.5 Å². The second-order valence-electron chi connectivity index (χ2n) is 4.09. The second-order valence-corrected chi connectivity index (χ2v) is 4.09. The van der Waals surface area contributed by atoms with Crippen molar-refractivity contribution >= 4 is 35.6 Å². The van der Waals surface area contributed by atoms with E-state index in [1.165, 1.54) is 6.07 Å². The smallest absolute Gasteiger partial charge is 0.274 e. The molecule has 112 valence electrons. The van der Waals surface area contributed by atoms with E-state index in [9.17, 15) is 10.1 Å². The van der Waals surface area contributed by atoms with Crippen LogP contribution in [0.4, 0.5) is 5.69 Å². The van der Waals surface area contributed by atoms with Crippen LogP contribution in [-0.4, -0.2) is 30.6 Å². The lowest BCUT2D eigenvalue weighted by Crippen LogP contribution is -2.40. The number of benzene rings is 1. The quantitative estimate of drug-likeness (QED) is 0.251. The first-order chi connectivity index (χ1) is 9.04. The third-order valence-corrected chi connectivity index (χ3v) is 2.42. The van der Waals surface area contributed by atoms with Crippen molar-refractivity contribution in [1.82, 2.24) is 5.32 Å². The number of para-hydroxylation sites is 1. The molecule has 0 aliphatic rings. The summed E-state index contributed by atoms with van der Waals surface area (Å²) in [5.74, 6) is 0.239. The SMILES string of the molecule is COCC(C)NC(N)=NCc1ccccc1[N+](=O)[O-].I. The maximum Gasteiger partial charge on any atom is 0.274 e. The van der Waals surface area contributed by atoms with Gasteiger partial charge in [-0.15, -0.1) is 24.0 Å². The number of nitrogens with two attached hydrogens (primary N) is 1. The van der Waals surface area contributed by atoms with E-state index in [1.54, 1.807) is 25.3 Å². The molecule has 0 fully saturated rings. The lowest BCUT2D eigenvalue weighted by molar-refractivity contribution is -0.385. The number of guanidine groups is 1. The van der Waals surface area contributed by atoms with E-state index in [0.717, 1.165) is 0 Å². The summed E-state index contributed by atoms with van der Waals surface area (Å²) in [7, 11) is 1.60. The molecule has 1 atom stereocenters. The van der Waals surface area contributed by atoms with Crippen molar-refractivity contribution in [3.63, 3.8) is 0 Å². The summed E-state index contributed by atoms with van der Waals surface area (Å²) in [6, 6.07) is 6.48. The maximum absolute atomic E-state index is 10.8. The van der Waals surface area contributed by atoms with Gasteiger partial charge in [0.2, 0.25) is 0 Å². The predicted octanol–water partition coefficient (Wildman–Crippen LogP) is 1.65. The average molecular weight is 394 g/mol. The van der Waals surface area contributed by atoms with Gasteiger partial charge in [0, 0.05) is 19.2 Å². The first-order valence-corrected chi connectivity index (χ1v) is 5.82. The van der Waals surface area contributed by atoms with Crippen molar-refractivity contribution in [3.05, 3.63) is 39.9 Å². The van der Waals surface area contributed by atoms with Gasteiger partial charge in [0.1, 0.15) is 0 Å². The zero-order chi connectivity index (χ0) is 14.3. The molecule has 1 rings (SSSR count). The Hall–Kier alpha value is -1.42. The first kappa shape index (κ1) is 18.6. The van der Waals surface area contributed by atoms with Gasteiger partial charge in [-0.3, -0.25) is 10.1 Å². The molecule has 7 nitrogen and oxygen atoms in total. The lowest BCUT2D eigenvalue weighted by atomic mass is 10.2. The molecule has 3 N–H and O–H groups in total. The van der Waals surface area contributed by atoms with E-state index < -0.39 is 4.92 Å². The normalized spacial score (nSPS) is 12.4. The molecule has 0 aliphatic heterocycles. The number of nitro benzene ring substituents is 1. The molecule has 0 aliphatic carbocycles. The highest BCUT2D eigenvalue weighted by atomic mass is 127. The Morgan fingerprint density at radius 2 is 2.20 bits per heavy atom. The zero-order valence-electron chi connectivity index (χ0n) is 11.4. The Morgan fingerprint density at radius 3 is 2.80 bits per heavy atom. The fraction of sp³-hybridized carbons (Fsp3) is 0.417. The van der Waals surface area contributed by atoms with Gasteiger partial charge in [-0.05, 0) is 6.92 Å². The van der Waals surface area contributed by atoms with Gasteiger partial charge in [-0.1, -0.05) is 18.2 Å². The number of hydrogen-bond donors (Lipinski definition) is 2. The summed E-state index contributed by atoms with van der Waals surface area (Å²) in [5.41, 5.74) is 6.26. The molecule has 0 saturated carbocycles. The number of halogens is 1. The van der Waals surface area contributed by atoms with Crippen molar-refractivity contribution < 1.29 is 9.66 Å². The first-order valence-electron chi connectivity index (χ1n) is 5.82. The number of methoxy groups -OCH3 is 1. The summed E-state index contributed by atoms with van der Waals surface area (Å²) in [5, 5.41) is 13.8. The monoisotopic (exact) mass is 394 g/mol. The Labute approximate surface area is 134 Å². The molecule has 1 aromatic rings. The van der Waals surface area contributed by atoms with Gasteiger partial charge in [-0.2, -0.15) is 0 Å². The fourth-order valence-corrected chi connectivity index (χ4v) is 1.58. The lowest BCUT2D eigenvalue weighted by Gasteiger charge is -2.13. The summed E-state index contributed by atoms with van der Waals surface area (Å²) in [6.07, 6.45) is 0. The zero-order valence-corrected chi connectivity index (χ0v) is 13.7. The van der Waals surface area contributed by atoms with Gasteiger partial charge < -0.3 is 15.8 Å².